The number of hydrogen-bond acceptors (Lipinski definition) is 4. The van der Waals surface area contributed by atoms with Gasteiger partial charge in [-0.05, 0) is 56.6 Å². The molecule has 25 heavy (non-hydrogen) atoms. The number of aromatic nitrogens is 1. The molecule has 132 valence electrons. The molecule has 2 aromatic rings. The van der Waals surface area contributed by atoms with Gasteiger partial charge in [-0.25, -0.2) is 9.78 Å². The zero-order valence-electron chi connectivity index (χ0n) is 14.4. The molecular formula is C19H22N2O3S. The molecule has 0 spiro atoms. The first-order valence-corrected chi connectivity index (χ1v) is 9.33. The number of fused-ring (bicyclic) bond motifs is 1. The van der Waals surface area contributed by atoms with Crippen LogP contribution in [-0.4, -0.2) is 28.0 Å². The molecule has 0 radical (unpaired) electrons. The van der Waals surface area contributed by atoms with Crippen molar-refractivity contribution in [3.8, 4) is 0 Å². The van der Waals surface area contributed by atoms with E-state index >= 15 is 0 Å². The van der Waals surface area contributed by atoms with Crippen molar-refractivity contribution in [2.45, 2.75) is 51.5 Å². The Kier molecular flexibility index (Phi) is 5.18. The number of carboxylic acids is 1. The third-order valence-corrected chi connectivity index (χ3v) is 5.80. The van der Waals surface area contributed by atoms with Gasteiger partial charge in [-0.15, -0.1) is 11.3 Å². The summed E-state index contributed by atoms with van der Waals surface area (Å²) in [4.78, 5) is 28.9. The topological polar surface area (TPSA) is 79.3 Å². The maximum Gasteiger partial charge on any atom is 0.326 e. The molecule has 6 heteroatoms. The van der Waals surface area contributed by atoms with Crippen molar-refractivity contribution in [1.82, 2.24) is 10.3 Å². The van der Waals surface area contributed by atoms with E-state index in [2.05, 4.69) is 22.4 Å². The van der Waals surface area contributed by atoms with Crippen molar-refractivity contribution < 1.29 is 14.7 Å². The fourth-order valence-electron chi connectivity index (χ4n) is 3.57. The number of benzene rings is 1. The molecule has 1 aromatic heterocycles. The van der Waals surface area contributed by atoms with Crippen LogP contribution >= 0.6 is 11.3 Å². The molecule has 2 N–H and O–H groups in total. The van der Waals surface area contributed by atoms with Crippen LogP contribution < -0.4 is 5.32 Å². The molecule has 0 saturated heterocycles. The molecule has 0 saturated carbocycles. The predicted octanol–water partition coefficient (Wildman–Crippen LogP) is 3.45. The number of carbonyl (C=O) groups excluding carboxylic acids is 1. The van der Waals surface area contributed by atoms with Crippen molar-refractivity contribution >= 4 is 23.2 Å². The lowest BCUT2D eigenvalue weighted by Gasteiger charge is -2.28. The second-order valence-electron chi connectivity index (χ2n) is 6.54. The summed E-state index contributed by atoms with van der Waals surface area (Å²) >= 11 is 1.29. The van der Waals surface area contributed by atoms with Gasteiger partial charge >= 0.3 is 5.97 Å². The van der Waals surface area contributed by atoms with Gasteiger partial charge in [0, 0.05) is 0 Å². The summed E-state index contributed by atoms with van der Waals surface area (Å²) in [5.74, 6) is -1.18. The van der Waals surface area contributed by atoms with Crippen LogP contribution in [-0.2, 0) is 11.2 Å². The third-order valence-electron chi connectivity index (χ3n) is 4.73. The predicted molar refractivity (Wildman–Crippen MR) is 97.2 cm³/mol. The molecule has 1 aromatic carbocycles. The maximum atomic E-state index is 12.5. The highest BCUT2D eigenvalue weighted by Gasteiger charge is 2.29. The third kappa shape index (κ3) is 3.90. The maximum absolute atomic E-state index is 12.5. The standard InChI is InChI=1S/C19H22N2O3S/c1-11-17(25-12(2)20-11)18(22)21-16(19(23)24)10-14-8-5-7-13-6-3-4-9-15(13)14/h3-4,6,9,14,16H,5,7-8,10H2,1-2H3,(H,21,22)(H,23,24). The number of carbonyl (C=O) groups is 2. The molecule has 1 amide bonds. The average molecular weight is 358 g/mol. The molecule has 1 heterocycles. The van der Waals surface area contributed by atoms with Gasteiger partial charge in [0.2, 0.25) is 0 Å². The van der Waals surface area contributed by atoms with E-state index in [-0.39, 0.29) is 11.8 Å². The van der Waals surface area contributed by atoms with Gasteiger partial charge in [0.1, 0.15) is 10.9 Å². The van der Waals surface area contributed by atoms with E-state index in [1.807, 2.05) is 19.1 Å². The number of nitrogens with one attached hydrogen (secondary N) is 1. The lowest BCUT2D eigenvalue weighted by Crippen LogP contribution is -2.42. The summed E-state index contributed by atoms with van der Waals surface area (Å²) in [5, 5.41) is 13.1. The van der Waals surface area contributed by atoms with Crippen molar-refractivity contribution in [2.24, 2.45) is 0 Å². The summed E-state index contributed by atoms with van der Waals surface area (Å²) in [6.07, 6.45) is 3.45. The monoisotopic (exact) mass is 358 g/mol. The fourth-order valence-corrected chi connectivity index (χ4v) is 4.39. The van der Waals surface area contributed by atoms with Crippen LogP contribution in [0, 0.1) is 13.8 Å². The number of hydrogen-bond donors (Lipinski definition) is 2. The molecule has 2 unspecified atom stereocenters. The van der Waals surface area contributed by atoms with Gasteiger partial charge in [0.25, 0.3) is 5.91 Å². The summed E-state index contributed by atoms with van der Waals surface area (Å²) in [6.45, 7) is 3.60. The van der Waals surface area contributed by atoms with Crippen LogP contribution in [0.2, 0.25) is 0 Å². The Balaban J connectivity index is 1.76. The molecule has 0 bridgehead atoms. The summed E-state index contributed by atoms with van der Waals surface area (Å²) in [5.41, 5.74) is 3.16. The highest BCUT2D eigenvalue weighted by atomic mass is 32.1. The summed E-state index contributed by atoms with van der Waals surface area (Å²) in [6, 6.07) is 7.31. The Bertz CT molecular complexity index is 800. The minimum atomic E-state index is -0.990. The van der Waals surface area contributed by atoms with E-state index in [0.29, 0.717) is 17.0 Å². The first-order chi connectivity index (χ1) is 12.0. The van der Waals surface area contributed by atoms with Gasteiger partial charge in [-0.3, -0.25) is 4.79 Å². The number of rotatable bonds is 5. The van der Waals surface area contributed by atoms with Crippen molar-refractivity contribution in [3.05, 3.63) is 51.0 Å². The number of aryl methyl sites for hydroxylation is 3. The molecule has 2 atom stereocenters. The Morgan fingerprint density at radius 1 is 1.36 bits per heavy atom. The quantitative estimate of drug-likeness (QED) is 0.858. The van der Waals surface area contributed by atoms with E-state index in [1.165, 1.54) is 22.5 Å². The minimum Gasteiger partial charge on any atom is -0.480 e. The normalized spacial score (nSPS) is 17.6. The van der Waals surface area contributed by atoms with Gasteiger partial charge in [0.15, 0.2) is 0 Å². The first kappa shape index (κ1) is 17.6. The van der Waals surface area contributed by atoms with E-state index in [1.54, 1.807) is 6.92 Å². The van der Waals surface area contributed by atoms with Gasteiger partial charge in [0.05, 0.1) is 10.7 Å². The highest BCUT2D eigenvalue weighted by molar-refractivity contribution is 7.13. The smallest absolute Gasteiger partial charge is 0.326 e. The Hall–Kier alpha value is -2.21. The largest absolute Gasteiger partial charge is 0.480 e. The Morgan fingerprint density at radius 2 is 2.12 bits per heavy atom. The van der Waals surface area contributed by atoms with Crippen molar-refractivity contribution in [3.63, 3.8) is 0 Å². The number of nitrogens with zero attached hydrogens (tertiary/aromatic N) is 1. The van der Waals surface area contributed by atoms with Crippen LogP contribution in [0.5, 0.6) is 0 Å². The molecular weight excluding hydrogens is 336 g/mol. The average Bonchev–Trinajstić information content (AvgIpc) is 2.93. The lowest BCUT2D eigenvalue weighted by atomic mass is 9.79. The molecule has 0 aliphatic heterocycles. The van der Waals surface area contributed by atoms with Crippen LogP contribution in [0.3, 0.4) is 0 Å². The number of carboxylic acid groups (broad SMARTS) is 1. The van der Waals surface area contributed by atoms with Gasteiger partial charge in [-0.1, -0.05) is 24.3 Å². The number of amides is 1. The SMILES string of the molecule is Cc1nc(C)c(C(=O)NC(CC2CCCc3ccccc32)C(=O)O)s1. The number of thiazole rings is 1. The molecule has 5 nitrogen and oxygen atoms in total. The fraction of sp³-hybridized carbons (Fsp3) is 0.421. The molecule has 0 fully saturated rings. The van der Waals surface area contributed by atoms with E-state index in [9.17, 15) is 14.7 Å². The van der Waals surface area contributed by atoms with Crippen LogP contribution in [0.15, 0.2) is 24.3 Å². The van der Waals surface area contributed by atoms with E-state index in [4.69, 9.17) is 0 Å². The zero-order valence-corrected chi connectivity index (χ0v) is 15.2. The van der Waals surface area contributed by atoms with Crippen LogP contribution in [0.4, 0.5) is 0 Å². The zero-order chi connectivity index (χ0) is 18.0. The molecule has 1 aliphatic rings. The van der Waals surface area contributed by atoms with Crippen LogP contribution in [0.1, 0.15) is 56.7 Å². The second kappa shape index (κ2) is 7.35. The number of aliphatic carboxylic acids is 1. The van der Waals surface area contributed by atoms with E-state index < -0.39 is 12.0 Å². The Labute approximate surface area is 151 Å². The van der Waals surface area contributed by atoms with Gasteiger partial charge in [-0.2, -0.15) is 0 Å². The van der Waals surface area contributed by atoms with Crippen LogP contribution in [0.25, 0.3) is 0 Å². The molecule has 1 aliphatic carbocycles. The minimum absolute atomic E-state index is 0.163. The first-order valence-electron chi connectivity index (χ1n) is 8.51. The highest BCUT2D eigenvalue weighted by Crippen LogP contribution is 2.34. The van der Waals surface area contributed by atoms with E-state index in [0.717, 1.165) is 24.3 Å². The Morgan fingerprint density at radius 3 is 2.80 bits per heavy atom. The van der Waals surface area contributed by atoms with Crippen molar-refractivity contribution in [1.29, 1.82) is 0 Å². The summed E-state index contributed by atoms with van der Waals surface area (Å²) in [7, 11) is 0. The summed E-state index contributed by atoms with van der Waals surface area (Å²) < 4.78 is 0. The van der Waals surface area contributed by atoms with Gasteiger partial charge < -0.3 is 10.4 Å². The van der Waals surface area contributed by atoms with Crippen molar-refractivity contribution in [2.75, 3.05) is 0 Å². The lowest BCUT2D eigenvalue weighted by molar-refractivity contribution is -0.139. The second-order valence-corrected chi connectivity index (χ2v) is 7.74. The molecule has 3 rings (SSSR count).